The lowest BCUT2D eigenvalue weighted by molar-refractivity contribution is -0.136. The highest BCUT2D eigenvalue weighted by molar-refractivity contribution is 6.30. The van der Waals surface area contributed by atoms with Gasteiger partial charge in [-0.15, -0.1) is 5.10 Å². The van der Waals surface area contributed by atoms with Crippen molar-refractivity contribution < 1.29 is 14.7 Å². The topological polar surface area (TPSA) is 134 Å². The lowest BCUT2D eigenvalue weighted by Crippen LogP contribution is -2.43. The Morgan fingerprint density at radius 3 is 2.78 bits per heavy atom. The number of fused-ring (bicyclic) bond motifs is 2. The van der Waals surface area contributed by atoms with Crippen LogP contribution in [0.4, 0.5) is 0 Å². The number of nitrogens with one attached hydrogen (secondary N) is 1. The fourth-order valence-electron chi connectivity index (χ4n) is 5.24. The number of ketones is 1. The SMILES string of the molecule is O=C(Cc1ccc2[nH]c(=O)cc(O)c2c1)C1c2ccccc2CCN1C(=O)/C=C/c1cc(Cl)ccc1-n1cnnn1. The van der Waals surface area contributed by atoms with Crippen LogP contribution < -0.4 is 5.56 Å². The van der Waals surface area contributed by atoms with Gasteiger partial charge in [0.1, 0.15) is 18.1 Å². The van der Waals surface area contributed by atoms with Gasteiger partial charge in [0.25, 0.3) is 5.56 Å². The molecule has 11 heteroatoms. The quantitative estimate of drug-likeness (QED) is 0.298. The van der Waals surface area contributed by atoms with Gasteiger partial charge in [0, 0.05) is 41.1 Å². The number of aromatic hydroxyl groups is 1. The molecule has 0 saturated carbocycles. The number of H-pyrrole nitrogens is 1. The van der Waals surface area contributed by atoms with E-state index in [4.69, 9.17) is 11.6 Å². The number of tetrazole rings is 1. The molecule has 0 radical (unpaired) electrons. The van der Waals surface area contributed by atoms with Crippen LogP contribution in [-0.2, 0) is 22.4 Å². The molecule has 1 unspecified atom stereocenters. The van der Waals surface area contributed by atoms with Crippen LogP contribution in [0.3, 0.4) is 0 Å². The van der Waals surface area contributed by atoms with Gasteiger partial charge in [-0.25, -0.2) is 0 Å². The van der Waals surface area contributed by atoms with Crippen LogP contribution in [0.2, 0.25) is 5.02 Å². The standard InChI is InChI=1S/C30H23ClN6O4/c31-21-7-9-25(37-17-32-34-35-37)20(15-21)6-10-29(41)36-12-11-19-3-1-2-4-22(19)30(36)27(39)14-18-5-8-24-23(13-18)26(38)16-28(40)33-24/h1-10,13,15-17,30H,11-12,14H2,(H2,33,38,40)/b10-6+. The molecule has 0 aliphatic carbocycles. The number of hydrogen-bond donors (Lipinski definition) is 2. The van der Waals surface area contributed by atoms with E-state index in [-0.39, 0.29) is 23.9 Å². The number of amides is 1. The van der Waals surface area contributed by atoms with Crippen molar-refractivity contribution in [1.29, 1.82) is 0 Å². The van der Waals surface area contributed by atoms with E-state index in [1.807, 2.05) is 24.3 Å². The summed E-state index contributed by atoms with van der Waals surface area (Å²) in [6.45, 7) is 0.367. The zero-order chi connectivity index (χ0) is 28.5. The van der Waals surface area contributed by atoms with E-state index in [1.54, 1.807) is 47.4 Å². The second-order valence-electron chi connectivity index (χ2n) is 9.72. The Bertz CT molecular complexity index is 1880. The first-order valence-corrected chi connectivity index (χ1v) is 13.2. The molecule has 10 nitrogen and oxygen atoms in total. The number of rotatable bonds is 6. The molecule has 0 spiro atoms. The molecule has 6 rings (SSSR count). The van der Waals surface area contributed by atoms with Crippen LogP contribution >= 0.6 is 11.6 Å². The smallest absolute Gasteiger partial charge is 0.252 e. The average molecular weight is 567 g/mol. The van der Waals surface area contributed by atoms with Crippen molar-refractivity contribution in [3.05, 3.63) is 117 Å². The van der Waals surface area contributed by atoms with E-state index in [1.165, 1.54) is 17.1 Å². The molecule has 1 aliphatic heterocycles. The highest BCUT2D eigenvalue weighted by atomic mass is 35.5. The molecule has 0 saturated heterocycles. The summed E-state index contributed by atoms with van der Waals surface area (Å²) in [6.07, 6.45) is 5.16. The second kappa shape index (κ2) is 10.8. The molecule has 0 bridgehead atoms. The predicted molar refractivity (Wildman–Crippen MR) is 153 cm³/mol. The van der Waals surface area contributed by atoms with Crippen LogP contribution in [0.5, 0.6) is 5.75 Å². The number of benzene rings is 3. The fraction of sp³-hybridized carbons (Fsp3) is 0.133. The first kappa shape index (κ1) is 26.1. The van der Waals surface area contributed by atoms with Gasteiger partial charge >= 0.3 is 0 Å². The van der Waals surface area contributed by atoms with Crippen molar-refractivity contribution in [3.63, 3.8) is 0 Å². The van der Waals surface area contributed by atoms with Crippen LogP contribution in [-0.4, -0.2) is 53.4 Å². The summed E-state index contributed by atoms with van der Waals surface area (Å²) in [5.74, 6) is -0.654. The molecule has 204 valence electrons. The Hall–Kier alpha value is -5.09. The van der Waals surface area contributed by atoms with Crippen molar-refractivity contribution in [2.24, 2.45) is 0 Å². The molecule has 2 aromatic heterocycles. The molecular weight excluding hydrogens is 544 g/mol. The Labute approximate surface area is 238 Å². The maximum Gasteiger partial charge on any atom is 0.252 e. The van der Waals surface area contributed by atoms with Gasteiger partial charge < -0.3 is 15.0 Å². The van der Waals surface area contributed by atoms with Crippen molar-refractivity contribution in [1.82, 2.24) is 30.1 Å². The number of pyridine rings is 1. The molecule has 0 fully saturated rings. The van der Waals surface area contributed by atoms with Gasteiger partial charge in [-0.2, -0.15) is 4.68 Å². The molecule has 41 heavy (non-hydrogen) atoms. The molecule has 1 atom stereocenters. The Balaban J connectivity index is 1.31. The molecule has 3 aromatic carbocycles. The summed E-state index contributed by atoms with van der Waals surface area (Å²) in [5.41, 5.74) is 3.79. The summed E-state index contributed by atoms with van der Waals surface area (Å²) in [6, 6.07) is 18.2. The van der Waals surface area contributed by atoms with Crippen LogP contribution in [0.15, 0.2) is 83.9 Å². The number of nitrogens with zero attached hydrogens (tertiary/aromatic N) is 5. The third-order valence-electron chi connectivity index (χ3n) is 7.13. The summed E-state index contributed by atoms with van der Waals surface area (Å²) < 4.78 is 1.47. The Morgan fingerprint density at radius 1 is 1.10 bits per heavy atom. The third kappa shape index (κ3) is 5.24. The van der Waals surface area contributed by atoms with E-state index in [2.05, 4.69) is 20.5 Å². The zero-order valence-electron chi connectivity index (χ0n) is 21.6. The summed E-state index contributed by atoms with van der Waals surface area (Å²) in [4.78, 5) is 43.4. The maximum atomic E-state index is 13.9. The zero-order valence-corrected chi connectivity index (χ0v) is 22.3. The minimum Gasteiger partial charge on any atom is -0.507 e. The number of aromatic amines is 1. The van der Waals surface area contributed by atoms with Crippen LogP contribution in [0, 0.1) is 0 Å². The van der Waals surface area contributed by atoms with E-state index >= 15 is 0 Å². The predicted octanol–water partition coefficient (Wildman–Crippen LogP) is 3.81. The average Bonchev–Trinajstić information content (AvgIpc) is 3.50. The number of halogens is 1. The molecule has 5 aromatic rings. The summed E-state index contributed by atoms with van der Waals surface area (Å²) in [5, 5.41) is 22.5. The Kier molecular flexibility index (Phi) is 6.90. The highest BCUT2D eigenvalue weighted by Crippen LogP contribution is 2.33. The van der Waals surface area contributed by atoms with E-state index < -0.39 is 11.6 Å². The number of carbonyl (C=O) groups is 2. The monoisotopic (exact) mass is 566 g/mol. The Morgan fingerprint density at radius 2 is 1.95 bits per heavy atom. The minimum absolute atomic E-state index is 0.0265. The summed E-state index contributed by atoms with van der Waals surface area (Å²) >= 11 is 6.23. The largest absolute Gasteiger partial charge is 0.507 e. The van der Waals surface area contributed by atoms with Gasteiger partial charge in [0.2, 0.25) is 5.91 Å². The minimum atomic E-state index is -0.796. The first-order chi connectivity index (χ1) is 19.9. The van der Waals surface area contributed by atoms with Crippen molar-refractivity contribution in [2.45, 2.75) is 18.9 Å². The van der Waals surface area contributed by atoms with Crippen molar-refractivity contribution in [3.8, 4) is 11.4 Å². The highest BCUT2D eigenvalue weighted by Gasteiger charge is 2.34. The van der Waals surface area contributed by atoms with Gasteiger partial charge in [0.15, 0.2) is 5.78 Å². The maximum absolute atomic E-state index is 13.9. The second-order valence-corrected chi connectivity index (χ2v) is 10.2. The normalized spacial score (nSPS) is 14.9. The molecule has 1 amide bonds. The van der Waals surface area contributed by atoms with E-state index in [0.29, 0.717) is 45.7 Å². The number of Topliss-reactive ketones (excluding diaryl/α,β-unsaturated/α-hetero) is 1. The third-order valence-corrected chi connectivity index (χ3v) is 7.36. The molecule has 3 heterocycles. The van der Waals surface area contributed by atoms with Crippen LogP contribution in [0.25, 0.3) is 22.7 Å². The van der Waals surface area contributed by atoms with E-state index in [0.717, 1.165) is 17.2 Å². The number of hydrogen-bond acceptors (Lipinski definition) is 7. The molecule has 2 N–H and O–H groups in total. The van der Waals surface area contributed by atoms with Crippen LogP contribution in [0.1, 0.15) is 28.3 Å². The number of aromatic nitrogens is 5. The molecule has 1 aliphatic rings. The lowest BCUT2D eigenvalue weighted by atomic mass is 9.88. The molecular formula is C30H23ClN6O4. The summed E-state index contributed by atoms with van der Waals surface area (Å²) in [7, 11) is 0. The lowest BCUT2D eigenvalue weighted by Gasteiger charge is -2.36. The van der Waals surface area contributed by atoms with Crippen molar-refractivity contribution in [2.75, 3.05) is 6.54 Å². The van der Waals surface area contributed by atoms with Gasteiger partial charge in [-0.05, 0) is 69.9 Å². The van der Waals surface area contributed by atoms with Crippen molar-refractivity contribution >= 4 is 40.3 Å². The first-order valence-electron chi connectivity index (χ1n) is 12.8. The van der Waals surface area contributed by atoms with E-state index in [9.17, 15) is 19.5 Å². The van der Waals surface area contributed by atoms with Gasteiger partial charge in [0.05, 0.1) is 11.2 Å². The van der Waals surface area contributed by atoms with Gasteiger partial charge in [-0.1, -0.05) is 41.9 Å². The fourth-order valence-corrected chi connectivity index (χ4v) is 5.42. The van der Waals surface area contributed by atoms with Gasteiger partial charge in [-0.3, -0.25) is 14.4 Å². The number of carbonyl (C=O) groups excluding carboxylic acids is 2.